The van der Waals surface area contributed by atoms with Gasteiger partial charge in [0.2, 0.25) is 0 Å². The normalized spacial score (nSPS) is 15.0. The van der Waals surface area contributed by atoms with Gasteiger partial charge in [0.1, 0.15) is 0 Å². The Morgan fingerprint density at radius 1 is 0.750 bits per heavy atom. The van der Waals surface area contributed by atoms with Crippen LogP contribution in [0.4, 0.5) is 0 Å². The van der Waals surface area contributed by atoms with E-state index in [1.54, 1.807) is 0 Å². The van der Waals surface area contributed by atoms with Crippen molar-refractivity contribution in [2.75, 3.05) is 0 Å². The zero-order valence-corrected chi connectivity index (χ0v) is 11.8. The Kier molecular flexibility index (Phi) is 11.4. The minimum atomic E-state index is 0.459. The van der Waals surface area contributed by atoms with Crippen LogP contribution in [0, 0.1) is 5.92 Å². The summed E-state index contributed by atoms with van der Waals surface area (Å²) >= 11 is 0. The highest BCUT2D eigenvalue weighted by atomic mass is 14.6. The molecule has 2 N–H and O–H groups in total. The molecule has 0 saturated carbocycles. The van der Waals surface area contributed by atoms with Crippen LogP contribution in [0.5, 0.6) is 0 Å². The van der Waals surface area contributed by atoms with Gasteiger partial charge in [-0.05, 0) is 18.8 Å². The van der Waals surface area contributed by atoms with E-state index in [9.17, 15) is 0 Å². The lowest BCUT2D eigenvalue weighted by Crippen LogP contribution is -2.19. The quantitative estimate of drug-likeness (QED) is 0.500. The average molecular weight is 227 g/mol. The molecule has 16 heavy (non-hydrogen) atoms. The van der Waals surface area contributed by atoms with Gasteiger partial charge in [0, 0.05) is 6.04 Å². The largest absolute Gasteiger partial charge is 0.328 e. The molecule has 1 heteroatoms. The highest BCUT2D eigenvalue weighted by Crippen LogP contribution is 2.20. The summed E-state index contributed by atoms with van der Waals surface area (Å²) in [5, 5.41) is 0. The van der Waals surface area contributed by atoms with E-state index < -0.39 is 0 Å². The molecule has 0 radical (unpaired) electrons. The summed E-state index contributed by atoms with van der Waals surface area (Å²) in [4.78, 5) is 0. The monoisotopic (exact) mass is 227 g/mol. The van der Waals surface area contributed by atoms with Gasteiger partial charge in [0.15, 0.2) is 0 Å². The molecule has 0 aliphatic carbocycles. The Morgan fingerprint density at radius 2 is 1.38 bits per heavy atom. The first-order chi connectivity index (χ1) is 7.74. The van der Waals surface area contributed by atoms with Crippen LogP contribution < -0.4 is 5.73 Å². The van der Waals surface area contributed by atoms with E-state index >= 15 is 0 Å². The maximum Gasteiger partial charge on any atom is 0.00387 e. The summed E-state index contributed by atoms with van der Waals surface area (Å²) < 4.78 is 0. The van der Waals surface area contributed by atoms with E-state index in [1.165, 1.54) is 64.2 Å². The molecule has 1 nitrogen and oxygen atoms in total. The number of hydrogen-bond acceptors (Lipinski definition) is 1. The Labute approximate surface area is 103 Å². The highest BCUT2D eigenvalue weighted by molar-refractivity contribution is 4.62. The van der Waals surface area contributed by atoms with Gasteiger partial charge < -0.3 is 5.73 Å². The molecule has 0 aliphatic heterocycles. The Morgan fingerprint density at radius 3 is 1.94 bits per heavy atom. The fourth-order valence-corrected chi connectivity index (χ4v) is 2.40. The Balaban J connectivity index is 3.39. The molecule has 0 fully saturated rings. The van der Waals surface area contributed by atoms with Gasteiger partial charge in [0.05, 0.1) is 0 Å². The standard InChI is InChI=1S/C15H33N/c1-4-7-11-14(6-3)12-8-9-13-15(16)10-5-2/h14-15H,4-13,16H2,1-3H3. The van der Waals surface area contributed by atoms with E-state index in [2.05, 4.69) is 20.8 Å². The second-order valence-corrected chi connectivity index (χ2v) is 5.25. The summed E-state index contributed by atoms with van der Waals surface area (Å²) in [7, 11) is 0. The molecule has 0 aromatic rings. The van der Waals surface area contributed by atoms with Crippen molar-refractivity contribution in [2.24, 2.45) is 11.7 Å². The third-order valence-electron chi connectivity index (χ3n) is 3.64. The van der Waals surface area contributed by atoms with Crippen molar-refractivity contribution in [3.8, 4) is 0 Å². The van der Waals surface area contributed by atoms with Crippen molar-refractivity contribution < 1.29 is 0 Å². The molecule has 0 rings (SSSR count). The SMILES string of the molecule is CCCCC(CC)CCCCC(N)CCC. The van der Waals surface area contributed by atoms with Crippen molar-refractivity contribution in [2.45, 2.75) is 91.0 Å². The lowest BCUT2D eigenvalue weighted by molar-refractivity contribution is 0.395. The minimum Gasteiger partial charge on any atom is -0.328 e. The first-order valence-electron chi connectivity index (χ1n) is 7.50. The molecule has 0 aromatic heterocycles. The number of rotatable bonds is 11. The first-order valence-corrected chi connectivity index (χ1v) is 7.50. The molecular weight excluding hydrogens is 194 g/mol. The summed E-state index contributed by atoms with van der Waals surface area (Å²) in [5.74, 6) is 0.974. The van der Waals surface area contributed by atoms with Gasteiger partial charge >= 0.3 is 0 Å². The van der Waals surface area contributed by atoms with E-state index in [0.29, 0.717) is 6.04 Å². The van der Waals surface area contributed by atoms with Gasteiger partial charge in [-0.3, -0.25) is 0 Å². The minimum absolute atomic E-state index is 0.459. The summed E-state index contributed by atoms with van der Waals surface area (Å²) in [6.45, 7) is 6.84. The molecule has 2 atom stereocenters. The molecule has 0 saturated heterocycles. The van der Waals surface area contributed by atoms with Crippen molar-refractivity contribution >= 4 is 0 Å². The van der Waals surface area contributed by atoms with Gasteiger partial charge in [0.25, 0.3) is 0 Å². The smallest absolute Gasteiger partial charge is 0.00387 e. The highest BCUT2D eigenvalue weighted by Gasteiger charge is 2.06. The molecule has 0 aliphatic rings. The van der Waals surface area contributed by atoms with Crippen LogP contribution in [0.2, 0.25) is 0 Å². The molecule has 2 unspecified atom stereocenters. The second kappa shape index (κ2) is 11.4. The van der Waals surface area contributed by atoms with Crippen molar-refractivity contribution in [1.82, 2.24) is 0 Å². The van der Waals surface area contributed by atoms with Crippen LogP contribution in [0.3, 0.4) is 0 Å². The van der Waals surface area contributed by atoms with Crippen LogP contribution in [-0.4, -0.2) is 6.04 Å². The third kappa shape index (κ3) is 9.21. The van der Waals surface area contributed by atoms with E-state index in [-0.39, 0.29) is 0 Å². The third-order valence-corrected chi connectivity index (χ3v) is 3.64. The maximum absolute atomic E-state index is 6.01. The Hall–Kier alpha value is -0.0400. The first kappa shape index (κ1) is 16.0. The second-order valence-electron chi connectivity index (χ2n) is 5.25. The number of nitrogens with two attached hydrogens (primary N) is 1. The van der Waals surface area contributed by atoms with Crippen molar-refractivity contribution in [3.63, 3.8) is 0 Å². The maximum atomic E-state index is 6.01. The molecular formula is C15H33N. The lowest BCUT2D eigenvalue weighted by Gasteiger charge is -2.15. The summed E-state index contributed by atoms with van der Waals surface area (Å²) in [6.07, 6.45) is 13.4. The van der Waals surface area contributed by atoms with E-state index in [1.807, 2.05) is 0 Å². The van der Waals surface area contributed by atoms with Gasteiger partial charge in [-0.1, -0.05) is 72.1 Å². The van der Waals surface area contributed by atoms with Crippen LogP contribution in [0.25, 0.3) is 0 Å². The fourth-order valence-electron chi connectivity index (χ4n) is 2.40. The molecule has 0 spiro atoms. The zero-order chi connectivity index (χ0) is 12.2. The van der Waals surface area contributed by atoms with E-state index in [0.717, 1.165) is 5.92 Å². The van der Waals surface area contributed by atoms with Crippen LogP contribution in [-0.2, 0) is 0 Å². The molecule has 98 valence electrons. The summed E-state index contributed by atoms with van der Waals surface area (Å²) in [5.41, 5.74) is 6.01. The number of unbranched alkanes of at least 4 members (excludes halogenated alkanes) is 2. The summed E-state index contributed by atoms with van der Waals surface area (Å²) in [6, 6.07) is 0.459. The van der Waals surface area contributed by atoms with Crippen LogP contribution >= 0.6 is 0 Å². The predicted molar refractivity (Wildman–Crippen MR) is 74.7 cm³/mol. The van der Waals surface area contributed by atoms with Gasteiger partial charge in [-0.25, -0.2) is 0 Å². The lowest BCUT2D eigenvalue weighted by atomic mass is 9.92. The molecule has 0 bridgehead atoms. The van der Waals surface area contributed by atoms with Crippen LogP contribution in [0.1, 0.15) is 85.0 Å². The fraction of sp³-hybridized carbons (Fsp3) is 1.00. The van der Waals surface area contributed by atoms with Gasteiger partial charge in [-0.15, -0.1) is 0 Å². The zero-order valence-electron chi connectivity index (χ0n) is 11.8. The molecule has 0 heterocycles. The molecule has 0 amide bonds. The van der Waals surface area contributed by atoms with Crippen molar-refractivity contribution in [1.29, 1.82) is 0 Å². The number of hydrogen-bond donors (Lipinski definition) is 1. The van der Waals surface area contributed by atoms with Crippen LogP contribution in [0.15, 0.2) is 0 Å². The van der Waals surface area contributed by atoms with Gasteiger partial charge in [-0.2, -0.15) is 0 Å². The Bertz CT molecular complexity index is 133. The van der Waals surface area contributed by atoms with E-state index in [4.69, 9.17) is 5.73 Å². The topological polar surface area (TPSA) is 26.0 Å². The molecule has 0 aromatic carbocycles. The van der Waals surface area contributed by atoms with Crippen molar-refractivity contribution in [3.05, 3.63) is 0 Å². The average Bonchev–Trinajstić information content (AvgIpc) is 2.28. The predicted octanol–water partition coefficient (Wildman–Crippen LogP) is 4.89.